The van der Waals surface area contributed by atoms with Crippen LogP contribution in [0, 0.1) is 5.92 Å². The van der Waals surface area contributed by atoms with Gasteiger partial charge in [-0.05, 0) is 25.2 Å². The van der Waals surface area contributed by atoms with E-state index in [1.807, 2.05) is 0 Å². The second-order valence-electron chi connectivity index (χ2n) is 4.27. The normalized spacial score (nSPS) is 27.0. The van der Waals surface area contributed by atoms with Gasteiger partial charge in [0.25, 0.3) is 0 Å². The van der Waals surface area contributed by atoms with E-state index in [0.717, 1.165) is 19.4 Å². The average Bonchev–Trinajstić information content (AvgIpc) is 2.18. The van der Waals surface area contributed by atoms with Gasteiger partial charge in [-0.3, -0.25) is 0 Å². The van der Waals surface area contributed by atoms with Crippen LogP contribution in [0.1, 0.15) is 46.0 Å². The molecule has 0 bridgehead atoms. The van der Waals surface area contributed by atoms with Crippen LogP contribution < -0.4 is 10.6 Å². The van der Waals surface area contributed by atoms with E-state index in [-0.39, 0.29) is 6.03 Å². The lowest BCUT2D eigenvalue weighted by molar-refractivity contribution is 0.222. The van der Waals surface area contributed by atoms with Crippen LogP contribution in [0.3, 0.4) is 0 Å². The van der Waals surface area contributed by atoms with Gasteiger partial charge in [-0.2, -0.15) is 0 Å². The molecule has 1 saturated carbocycles. The van der Waals surface area contributed by atoms with Crippen molar-refractivity contribution in [2.45, 2.75) is 52.0 Å². The van der Waals surface area contributed by atoms with Gasteiger partial charge < -0.3 is 10.6 Å². The highest BCUT2D eigenvalue weighted by atomic mass is 16.2. The number of hydrogen-bond donors (Lipinski definition) is 2. The van der Waals surface area contributed by atoms with Crippen molar-refractivity contribution in [1.29, 1.82) is 0 Å². The topological polar surface area (TPSA) is 41.1 Å². The van der Waals surface area contributed by atoms with Gasteiger partial charge in [0.2, 0.25) is 0 Å². The number of carbonyl (C=O) groups excluding carboxylic acids is 1. The lowest BCUT2D eigenvalue weighted by atomic mass is 9.86. The van der Waals surface area contributed by atoms with E-state index in [2.05, 4.69) is 24.5 Å². The molecule has 2 N–H and O–H groups in total. The van der Waals surface area contributed by atoms with Crippen molar-refractivity contribution >= 4 is 6.03 Å². The third-order valence-electron chi connectivity index (χ3n) is 2.96. The molecule has 0 spiro atoms. The molecule has 0 aromatic carbocycles. The van der Waals surface area contributed by atoms with Gasteiger partial charge in [0.1, 0.15) is 0 Å². The molecule has 2 atom stereocenters. The summed E-state index contributed by atoms with van der Waals surface area (Å²) in [4.78, 5) is 11.4. The van der Waals surface area contributed by atoms with E-state index in [4.69, 9.17) is 0 Å². The van der Waals surface area contributed by atoms with Crippen LogP contribution in [0.15, 0.2) is 0 Å². The quantitative estimate of drug-likeness (QED) is 0.717. The van der Waals surface area contributed by atoms with Crippen molar-refractivity contribution in [3.05, 3.63) is 0 Å². The fourth-order valence-electron chi connectivity index (χ4n) is 1.99. The Morgan fingerprint density at radius 2 is 2.07 bits per heavy atom. The van der Waals surface area contributed by atoms with E-state index in [1.165, 1.54) is 19.3 Å². The Balaban J connectivity index is 2.23. The first-order valence-electron chi connectivity index (χ1n) is 5.78. The molecule has 82 valence electrons. The summed E-state index contributed by atoms with van der Waals surface area (Å²) >= 11 is 0. The second-order valence-corrected chi connectivity index (χ2v) is 4.27. The van der Waals surface area contributed by atoms with Crippen molar-refractivity contribution in [3.8, 4) is 0 Å². The Kier molecular flexibility index (Phi) is 4.77. The summed E-state index contributed by atoms with van der Waals surface area (Å²) in [6, 6.07) is 0.395. The summed E-state index contributed by atoms with van der Waals surface area (Å²) in [7, 11) is 0. The molecule has 0 aromatic rings. The lowest BCUT2D eigenvalue weighted by Gasteiger charge is -2.29. The molecule has 1 aliphatic rings. The van der Waals surface area contributed by atoms with Gasteiger partial charge >= 0.3 is 6.03 Å². The lowest BCUT2D eigenvalue weighted by Crippen LogP contribution is -2.46. The van der Waals surface area contributed by atoms with Crippen LogP contribution in [-0.4, -0.2) is 18.6 Å². The third kappa shape index (κ3) is 3.56. The van der Waals surface area contributed by atoms with Crippen molar-refractivity contribution in [3.63, 3.8) is 0 Å². The van der Waals surface area contributed by atoms with E-state index >= 15 is 0 Å². The fourth-order valence-corrected chi connectivity index (χ4v) is 1.99. The minimum atomic E-state index is 0.00519. The molecule has 1 aliphatic carbocycles. The molecule has 3 heteroatoms. The number of hydrogen-bond acceptors (Lipinski definition) is 1. The van der Waals surface area contributed by atoms with Gasteiger partial charge in [0.05, 0.1) is 0 Å². The Labute approximate surface area is 86.6 Å². The maximum Gasteiger partial charge on any atom is 0.315 e. The van der Waals surface area contributed by atoms with Crippen molar-refractivity contribution < 1.29 is 4.79 Å². The Hall–Kier alpha value is -0.730. The predicted molar refractivity (Wildman–Crippen MR) is 58.2 cm³/mol. The van der Waals surface area contributed by atoms with E-state index in [9.17, 15) is 4.79 Å². The smallest absolute Gasteiger partial charge is 0.315 e. The van der Waals surface area contributed by atoms with E-state index in [1.54, 1.807) is 0 Å². The summed E-state index contributed by atoms with van der Waals surface area (Å²) in [5.74, 6) is 0.635. The Morgan fingerprint density at radius 1 is 1.36 bits per heavy atom. The molecule has 0 radical (unpaired) electrons. The number of urea groups is 1. The largest absolute Gasteiger partial charge is 0.338 e. The molecule has 0 aliphatic heterocycles. The zero-order chi connectivity index (χ0) is 10.4. The molecule has 1 rings (SSSR count). The second kappa shape index (κ2) is 5.89. The standard InChI is InChI=1S/C11H22N2O/c1-3-8-12-11(14)13-10-7-5-4-6-9(10)2/h9-10H,3-8H2,1-2H3,(H2,12,13,14). The summed E-state index contributed by atoms with van der Waals surface area (Å²) < 4.78 is 0. The zero-order valence-electron chi connectivity index (χ0n) is 9.31. The molecule has 0 heterocycles. The molecule has 14 heavy (non-hydrogen) atoms. The SMILES string of the molecule is CCCNC(=O)NC1CCCCC1C. The number of nitrogens with one attached hydrogen (secondary N) is 2. The van der Waals surface area contributed by atoms with E-state index in [0.29, 0.717) is 12.0 Å². The van der Waals surface area contributed by atoms with Crippen LogP contribution in [0.2, 0.25) is 0 Å². The van der Waals surface area contributed by atoms with Gasteiger partial charge in [0.15, 0.2) is 0 Å². The zero-order valence-corrected chi connectivity index (χ0v) is 9.31. The molecule has 2 unspecified atom stereocenters. The first-order valence-corrected chi connectivity index (χ1v) is 5.78. The van der Waals surface area contributed by atoms with Gasteiger partial charge in [0, 0.05) is 12.6 Å². The Morgan fingerprint density at radius 3 is 2.71 bits per heavy atom. The number of rotatable bonds is 3. The molecular weight excluding hydrogens is 176 g/mol. The highest BCUT2D eigenvalue weighted by molar-refractivity contribution is 5.74. The Bertz CT molecular complexity index is 182. The van der Waals surface area contributed by atoms with Crippen molar-refractivity contribution in [1.82, 2.24) is 10.6 Å². The van der Waals surface area contributed by atoms with Crippen molar-refractivity contribution in [2.75, 3.05) is 6.54 Å². The van der Waals surface area contributed by atoms with Crippen LogP contribution >= 0.6 is 0 Å². The fraction of sp³-hybridized carbons (Fsp3) is 0.909. The molecule has 2 amide bonds. The summed E-state index contributed by atoms with van der Waals surface area (Å²) in [6.07, 6.45) is 5.95. The summed E-state index contributed by atoms with van der Waals surface area (Å²) in [6.45, 7) is 5.06. The highest BCUT2D eigenvalue weighted by Gasteiger charge is 2.22. The first-order chi connectivity index (χ1) is 6.74. The van der Waals surface area contributed by atoms with Crippen LogP contribution in [0.4, 0.5) is 4.79 Å². The van der Waals surface area contributed by atoms with Crippen LogP contribution in [0.5, 0.6) is 0 Å². The molecule has 0 aromatic heterocycles. The number of amides is 2. The first kappa shape index (κ1) is 11.3. The van der Waals surface area contributed by atoms with Gasteiger partial charge in [-0.1, -0.05) is 26.7 Å². The maximum absolute atomic E-state index is 11.4. The third-order valence-corrected chi connectivity index (χ3v) is 2.96. The van der Waals surface area contributed by atoms with Crippen LogP contribution in [-0.2, 0) is 0 Å². The minimum absolute atomic E-state index is 0.00519. The van der Waals surface area contributed by atoms with Crippen molar-refractivity contribution in [2.24, 2.45) is 5.92 Å². The average molecular weight is 198 g/mol. The number of carbonyl (C=O) groups is 1. The molecule has 0 saturated heterocycles. The van der Waals surface area contributed by atoms with Gasteiger partial charge in [-0.25, -0.2) is 4.79 Å². The highest BCUT2D eigenvalue weighted by Crippen LogP contribution is 2.23. The predicted octanol–water partition coefficient (Wildman–Crippen LogP) is 2.27. The molecule has 1 fully saturated rings. The summed E-state index contributed by atoms with van der Waals surface area (Å²) in [5, 5.41) is 5.90. The molecule has 3 nitrogen and oxygen atoms in total. The maximum atomic E-state index is 11.4. The minimum Gasteiger partial charge on any atom is -0.338 e. The monoisotopic (exact) mass is 198 g/mol. The summed E-state index contributed by atoms with van der Waals surface area (Å²) in [5.41, 5.74) is 0. The van der Waals surface area contributed by atoms with Crippen LogP contribution in [0.25, 0.3) is 0 Å². The molecular formula is C11H22N2O. The van der Waals surface area contributed by atoms with E-state index < -0.39 is 0 Å². The van der Waals surface area contributed by atoms with Gasteiger partial charge in [-0.15, -0.1) is 0 Å².